The van der Waals surface area contributed by atoms with Gasteiger partial charge in [-0.2, -0.15) is 0 Å². The molecule has 1 fully saturated rings. The maximum atomic E-state index is 13.1. The first-order chi connectivity index (χ1) is 15.2. The van der Waals surface area contributed by atoms with Gasteiger partial charge in [0.05, 0.1) is 19.3 Å². The van der Waals surface area contributed by atoms with Gasteiger partial charge in [-0.25, -0.2) is 0 Å². The Hall–Kier alpha value is -2.73. The van der Waals surface area contributed by atoms with Gasteiger partial charge in [0.15, 0.2) is 0 Å². The van der Waals surface area contributed by atoms with Gasteiger partial charge in [-0.15, -0.1) is 0 Å². The lowest BCUT2D eigenvalue weighted by atomic mass is 10.1. The fraction of sp³-hybridized carbons (Fsp3) is 0.480. The molecule has 2 aliphatic rings. The maximum absolute atomic E-state index is 13.1. The molecule has 0 spiro atoms. The summed E-state index contributed by atoms with van der Waals surface area (Å²) in [6, 6.07) is 13.1. The second-order valence-corrected chi connectivity index (χ2v) is 8.18. The monoisotopic (exact) mass is 424 g/mol. The first-order valence-corrected chi connectivity index (χ1v) is 11.3. The molecule has 4 rings (SSSR count). The van der Waals surface area contributed by atoms with E-state index in [-0.39, 0.29) is 12.0 Å². The van der Waals surface area contributed by atoms with Gasteiger partial charge in [-0.1, -0.05) is 13.3 Å². The number of unbranched alkanes of at least 4 members (excludes halogenated alkanes) is 1. The van der Waals surface area contributed by atoms with Crippen molar-refractivity contribution in [3.63, 3.8) is 0 Å². The van der Waals surface area contributed by atoms with E-state index in [4.69, 9.17) is 14.2 Å². The number of likely N-dealkylation sites (tertiary alicyclic amines) is 1. The van der Waals surface area contributed by atoms with Crippen molar-refractivity contribution >= 4 is 11.6 Å². The summed E-state index contributed by atoms with van der Waals surface area (Å²) in [4.78, 5) is 17.4. The molecule has 0 unspecified atom stereocenters. The molecule has 0 aromatic heterocycles. The minimum atomic E-state index is -0.0366. The van der Waals surface area contributed by atoms with Crippen LogP contribution in [0.1, 0.15) is 43.0 Å². The lowest BCUT2D eigenvalue weighted by Crippen LogP contribution is -2.38. The Morgan fingerprint density at radius 2 is 1.81 bits per heavy atom. The van der Waals surface area contributed by atoms with E-state index in [0.29, 0.717) is 30.2 Å². The van der Waals surface area contributed by atoms with Crippen molar-refractivity contribution in [1.29, 1.82) is 0 Å². The molecule has 0 atom stereocenters. The smallest absolute Gasteiger partial charge is 0.258 e. The van der Waals surface area contributed by atoms with E-state index in [1.54, 1.807) is 12.0 Å². The number of carbonyl (C=O) groups excluding carboxylic acids is 1. The highest BCUT2D eigenvalue weighted by atomic mass is 16.5. The van der Waals surface area contributed by atoms with Gasteiger partial charge >= 0.3 is 0 Å². The predicted molar refractivity (Wildman–Crippen MR) is 122 cm³/mol. The molecular weight excluding hydrogens is 392 g/mol. The number of piperidine rings is 1. The summed E-state index contributed by atoms with van der Waals surface area (Å²) < 4.78 is 17.2. The van der Waals surface area contributed by atoms with E-state index >= 15 is 0 Å². The quantitative estimate of drug-likeness (QED) is 0.660. The van der Waals surface area contributed by atoms with Crippen LogP contribution in [0.2, 0.25) is 0 Å². The Morgan fingerprint density at radius 1 is 1.06 bits per heavy atom. The van der Waals surface area contributed by atoms with Gasteiger partial charge in [0.2, 0.25) is 0 Å². The SMILES string of the molecule is CCCCN1CCC(Oc2ccc(C(=O)N3CCOc4cc(OC)ccc43)cc2)CC1. The minimum Gasteiger partial charge on any atom is -0.497 e. The normalized spacial score (nSPS) is 17.0. The number of carbonyl (C=O) groups is 1. The summed E-state index contributed by atoms with van der Waals surface area (Å²) >= 11 is 0. The highest BCUT2D eigenvalue weighted by molar-refractivity contribution is 6.07. The van der Waals surface area contributed by atoms with Crippen LogP contribution in [0.15, 0.2) is 42.5 Å². The van der Waals surface area contributed by atoms with Gasteiger partial charge in [0, 0.05) is 24.7 Å². The molecule has 0 bridgehead atoms. The van der Waals surface area contributed by atoms with Crippen LogP contribution < -0.4 is 19.1 Å². The van der Waals surface area contributed by atoms with Crippen LogP contribution in [0, 0.1) is 0 Å². The van der Waals surface area contributed by atoms with Crippen LogP contribution in [-0.4, -0.2) is 56.8 Å². The van der Waals surface area contributed by atoms with Crippen LogP contribution in [0.5, 0.6) is 17.2 Å². The van der Waals surface area contributed by atoms with Crippen molar-refractivity contribution in [2.75, 3.05) is 44.8 Å². The van der Waals surface area contributed by atoms with Crippen molar-refractivity contribution in [3.8, 4) is 17.2 Å². The molecule has 6 heteroatoms. The third-order valence-electron chi connectivity index (χ3n) is 6.04. The largest absolute Gasteiger partial charge is 0.497 e. The molecule has 0 saturated carbocycles. The van der Waals surface area contributed by atoms with Crippen molar-refractivity contribution in [2.24, 2.45) is 0 Å². The number of benzene rings is 2. The Kier molecular flexibility index (Phi) is 6.97. The molecule has 0 N–H and O–H groups in total. The number of fused-ring (bicyclic) bond motifs is 1. The zero-order valence-electron chi connectivity index (χ0n) is 18.5. The average Bonchev–Trinajstić information content (AvgIpc) is 2.83. The van der Waals surface area contributed by atoms with Gasteiger partial charge in [0.1, 0.15) is 30.0 Å². The minimum absolute atomic E-state index is 0.0366. The summed E-state index contributed by atoms with van der Waals surface area (Å²) in [6.45, 7) is 6.61. The molecule has 31 heavy (non-hydrogen) atoms. The topological polar surface area (TPSA) is 51.2 Å². The number of hydrogen-bond donors (Lipinski definition) is 0. The molecule has 1 saturated heterocycles. The summed E-state index contributed by atoms with van der Waals surface area (Å²) in [5.41, 5.74) is 1.41. The van der Waals surface area contributed by atoms with Crippen LogP contribution in [0.25, 0.3) is 0 Å². The summed E-state index contributed by atoms with van der Waals surface area (Å²) in [5, 5.41) is 0. The van der Waals surface area contributed by atoms with Crippen molar-refractivity contribution < 1.29 is 19.0 Å². The molecule has 2 heterocycles. The number of rotatable bonds is 7. The molecule has 166 valence electrons. The van der Waals surface area contributed by atoms with E-state index in [1.165, 1.54) is 19.4 Å². The van der Waals surface area contributed by atoms with Gasteiger partial charge in [-0.05, 0) is 62.2 Å². The van der Waals surface area contributed by atoms with E-state index in [2.05, 4.69) is 11.8 Å². The summed E-state index contributed by atoms with van der Waals surface area (Å²) in [6.07, 6.45) is 4.87. The molecular formula is C25H32N2O4. The third-order valence-corrected chi connectivity index (χ3v) is 6.04. The Morgan fingerprint density at radius 3 is 2.52 bits per heavy atom. The number of hydrogen-bond acceptors (Lipinski definition) is 5. The predicted octanol–water partition coefficient (Wildman–Crippen LogP) is 4.38. The van der Waals surface area contributed by atoms with Crippen LogP contribution in [0.4, 0.5) is 5.69 Å². The van der Waals surface area contributed by atoms with E-state index in [0.717, 1.165) is 37.4 Å². The molecule has 2 aliphatic heterocycles. The summed E-state index contributed by atoms with van der Waals surface area (Å²) in [5.74, 6) is 2.18. The number of amides is 1. The van der Waals surface area contributed by atoms with Gasteiger partial charge in [0.25, 0.3) is 5.91 Å². The molecule has 2 aromatic carbocycles. The van der Waals surface area contributed by atoms with Crippen molar-refractivity contribution in [2.45, 2.75) is 38.7 Å². The zero-order valence-corrected chi connectivity index (χ0v) is 18.5. The van der Waals surface area contributed by atoms with Crippen LogP contribution >= 0.6 is 0 Å². The number of ether oxygens (including phenoxy) is 3. The van der Waals surface area contributed by atoms with Crippen LogP contribution in [-0.2, 0) is 0 Å². The van der Waals surface area contributed by atoms with E-state index in [1.807, 2.05) is 42.5 Å². The summed E-state index contributed by atoms with van der Waals surface area (Å²) in [7, 11) is 1.62. The standard InChI is InChI=1S/C25H32N2O4/c1-3-4-13-26-14-11-21(12-15-26)31-20-7-5-19(6-8-20)25(28)27-16-17-30-24-18-22(29-2)9-10-23(24)27/h5-10,18,21H,3-4,11-17H2,1-2H3. The molecule has 1 amide bonds. The van der Waals surface area contributed by atoms with Crippen LogP contribution in [0.3, 0.4) is 0 Å². The fourth-order valence-corrected chi connectivity index (χ4v) is 4.20. The highest BCUT2D eigenvalue weighted by Gasteiger charge is 2.25. The fourth-order valence-electron chi connectivity index (χ4n) is 4.20. The highest BCUT2D eigenvalue weighted by Crippen LogP contribution is 2.35. The Bertz CT molecular complexity index is 876. The van der Waals surface area contributed by atoms with Gasteiger partial charge in [-0.3, -0.25) is 4.79 Å². The van der Waals surface area contributed by atoms with E-state index in [9.17, 15) is 4.79 Å². The molecule has 0 radical (unpaired) electrons. The van der Waals surface area contributed by atoms with Crippen molar-refractivity contribution in [3.05, 3.63) is 48.0 Å². The maximum Gasteiger partial charge on any atom is 0.258 e. The molecule has 6 nitrogen and oxygen atoms in total. The second-order valence-electron chi connectivity index (χ2n) is 8.18. The first kappa shape index (κ1) is 21.5. The number of nitrogens with zero attached hydrogens (tertiary/aromatic N) is 2. The third kappa shape index (κ3) is 5.13. The zero-order chi connectivity index (χ0) is 21.6. The lowest BCUT2D eigenvalue weighted by Gasteiger charge is -2.32. The molecule has 0 aliphatic carbocycles. The lowest BCUT2D eigenvalue weighted by molar-refractivity contribution is 0.0974. The van der Waals surface area contributed by atoms with Crippen molar-refractivity contribution in [1.82, 2.24) is 4.90 Å². The Labute approximate surface area is 184 Å². The first-order valence-electron chi connectivity index (χ1n) is 11.3. The average molecular weight is 425 g/mol. The second kappa shape index (κ2) is 10.1. The van der Waals surface area contributed by atoms with E-state index < -0.39 is 0 Å². The number of methoxy groups -OCH3 is 1. The molecule has 2 aromatic rings. The number of anilines is 1. The van der Waals surface area contributed by atoms with Gasteiger partial charge < -0.3 is 24.0 Å². The Balaban J connectivity index is 1.36.